The zero-order valence-corrected chi connectivity index (χ0v) is 14.6. The lowest BCUT2D eigenvalue weighted by Gasteiger charge is -2.11. The molecule has 1 amide bonds. The third-order valence-corrected chi connectivity index (χ3v) is 4.25. The van der Waals surface area contributed by atoms with E-state index in [1.807, 2.05) is 57.4 Å². The predicted molar refractivity (Wildman–Crippen MR) is 99.6 cm³/mol. The number of hydrogen-bond acceptors (Lipinski definition) is 2. The molecule has 124 valence electrons. The van der Waals surface area contributed by atoms with Crippen molar-refractivity contribution in [3.05, 3.63) is 64.8 Å². The van der Waals surface area contributed by atoms with Gasteiger partial charge in [0.05, 0.1) is 0 Å². The molecule has 24 heavy (non-hydrogen) atoms. The number of aromatic amines is 1. The van der Waals surface area contributed by atoms with E-state index in [4.69, 9.17) is 0 Å². The van der Waals surface area contributed by atoms with E-state index in [0.717, 1.165) is 28.8 Å². The maximum atomic E-state index is 12.6. The van der Waals surface area contributed by atoms with Crippen LogP contribution in [0.1, 0.15) is 27.2 Å². The van der Waals surface area contributed by atoms with Crippen molar-refractivity contribution in [3.63, 3.8) is 0 Å². The summed E-state index contributed by atoms with van der Waals surface area (Å²) in [5.41, 5.74) is 6.05. The van der Waals surface area contributed by atoms with Crippen molar-refractivity contribution in [3.8, 4) is 0 Å². The van der Waals surface area contributed by atoms with Crippen molar-refractivity contribution in [1.29, 1.82) is 0 Å². The van der Waals surface area contributed by atoms with Gasteiger partial charge in [-0.15, -0.1) is 0 Å². The molecule has 0 aliphatic heterocycles. The van der Waals surface area contributed by atoms with Crippen LogP contribution in [0.25, 0.3) is 10.9 Å². The number of carbonyl (C=O) groups is 1. The van der Waals surface area contributed by atoms with Gasteiger partial charge >= 0.3 is 0 Å². The van der Waals surface area contributed by atoms with E-state index in [-0.39, 0.29) is 5.91 Å². The molecule has 0 bridgehead atoms. The van der Waals surface area contributed by atoms with Crippen LogP contribution in [-0.4, -0.2) is 29.9 Å². The number of nitrogens with one attached hydrogen (secondary N) is 2. The second-order valence-electron chi connectivity index (χ2n) is 6.53. The molecule has 3 aromatic rings. The van der Waals surface area contributed by atoms with E-state index in [1.54, 1.807) is 0 Å². The van der Waals surface area contributed by atoms with Gasteiger partial charge in [0.15, 0.2) is 0 Å². The fourth-order valence-corrected chi connectivity index (χ4v) is 2.92. The number of rotatable bonds is 4. The van der Waals surface area contributed by atoms with E-state index >= 15 is 0 Å². The molecule has 2 N–H and O–H groups in total. The number of anilines is 1. The van der Waals surface area contributed by atoms with Gasteiger partial charge in [0.25, 0.3) is 5.91 Å². The molecule has 1 heterocycles. The minimum atomic E-state index is -0.0860. The standard InChI is InChI=1S/C20H23N3O/c1-13-14(2)21-19-9-8-16(11-18(13)19)20(24)22-17-7-5-6-15(10-17)12-23(3)4/h5-11,21H,12H2,1-4H3,(H,22,24). The highest BCUT2D eigenvalue weighted by Crippen LogP contribution is 2.23. The summed E-state index contributed by atoms with van der Waals surface area (Å²) in [6.07, 6.45) is 0. The number of amides is 1. The quantitative estimate of drug-likeness (QED) is 0.760. The number of carbonyl (C=O) groups excluding carboxylic acids is 1. The Morgan fingerprint density at radius 2 is 1.92 bits per heavy atom. The van der Waals surface area contributed by atoms with Crippen LogP contribution in [0.15, 0.2) is 42.5 Å². The summed E-state index contributed by atoms with van der Waals surface area (Å²) >= 11 is 0. The second-order valence-corrected chi connectivity index (χ2v) is 6.53. The van der Waals surface area contributed by atoms with Gasteiger partial charge < -0.3 is 15.2 Å². The van der Waals surface area contributed by atoms with Crippen LogP contribution >= 0.6 is 0 Å². The van der Waals surface area contributed by atoms with E-state index in [1.165, 1.54) is 11.1 Å². The van der Waals surface area contributed by atoms with Crippen molar-refractivity contribution in [1.82, 2.24) is 9.88 Å². The molecule has 0 saturated carbocycles. The summed E-state index contributed by atoms with van der Waals surface area (Å²) in [4.78, 5) is 18.0. The molecule has 0 radical (unpaired) electrons. The normalized spacial score (nSPS) is 11.2. The van der Waals surface area contributed by atoms with Crippen LogP contribution in [0.4, 0.5) is 5.69 Å². The Morgan fingerprint density at radius 1 is 1.12 bits per heavy atom. The molecular formula is C20H23N3O. The van der Waals surface area contributed by atoms with Crippen molar-refractivity contribution < 1.29 is 4.79 Å². The first kappa shape index (κ1) is 16.3. The molecule has 4 nitrogen and oxygen atoms in total. The molecular weight excluding hydrogens is 298 g/mol. The molecule has 0 aliphatic carbocycles. The molecule has 0 aliphatic rings. The summed E-state index contributed by atoms with van der Waals surface area (Å²) in [5.74, 6) is -0.0860. The smallest absolute Gasteiger partial charge is 0.255 e. The molecule has 0 spiro atoms. The third-order valence-electron chi connectivity index (χ3n) is 4.25. The molecule has 0 fully saturated rings. The molecule has 2 aromatic carbocycles. The predicted octanol–water partition coefficient (Wildman–Crippen LogP) is 4.10. The number of aryl methyl sites for hydroxylation is 2. The molecule has 1 aromatic heterocycles. The summed E-state index contributed by atoms with van der Waals surface area (Å²) in [5, 5.41) is 4.09. The van der Waals surface area contributed by atoms with Gasteiger partial charge in [0, 0.05) is 34.4 Å². The Balaban J connectivity index is 1.83. The Labute approximate surface area is 142 Å². The zero-order valence-electron chi connectivity index (χ0n) is 14.6. The number of fused-ring (bicyclic) bond motifs is 1. The van der Waals surface area contributed by atoms with Crippen molar-refractivity contribution >= 4 is 22.5 Å². The number of H-pyrrole nitrogens is 1. The van der Waals surface area contributed by atoms with Crippen molar-refractivity contribution in [2.75, 3.05) is 19.4 Å². The third kappa shape index (κ3) is 3.34. The van der Waals surface area contributed by atoms with Crippen LogP contribution in [0.5, 0.6) is 0 Å². The Morgan fingerprint density at radius 3 is 2.67 bits per heavy atom. The summed E-state index contributed by atoms with van der Waals surface area (Å²) in [6.45, 7) is 4.96. The van der Waals surface area contributed by atoms with Crippen molar-refractivity contribution in [2.24, 2.45) is 0 Å². The molecule has 0 atom stereocenters. The van der Waals surface area contributed by atoms with Gasteiger partial charge in [-0.3, -0.25) is 4.79 Å². The lowest BCUT2D eigenvalue weighted by atomic mass is 10.1. The van der Waals surface area contributed by atoms with Gasteiger partial charge in [-0.25, -0.2) is 0 Å². The van der Waals surface area contributed by atoms with Crippen LogP contribution in [0.2, 0.25) is 0 Å². The first-order valence-electron chi connectivity index (χ1n) is 8.08. The van der Waals surface area contributed by atoms with Crippen LogP contribution in [0, 0.1) is 13.8 Å². The number of nitrogens with zero attached hydrogens (tertiary/aromatic N) is 1. The molecule has 3 rings (SSSR count). The maximum Gasteiger partial charge on any atom is 0.255 e. The number of aromatic nitrogens is 1. The highest BCUT2D eigenvalue weighted by atomic mass is 16.1. The number of benzene rings is 2. The maximum absolute atomic E-state index is 12.6. The highest BCUT2D eigenvalue weighted by Gasteiger charge is 2.10. The molecule has 4 heteroatoms. The molecule has 0 unspecified atom stereocenters. The Bertz CT molecular complexity index is 893. The molecule has 0 saturated heterocycles. The fourth-order valence-electron chi connectivity index (χ4n) is 2.92. The van der Waals surface area contributed by atoms with Gasteiger partial charge in [-0.05, 0) is 69.4 Å². The first-order chi connectivity index (χ1) is 11.4. The zero-order chi connectivity index (χ0) is 17.3. The Kier molecular flexibility index (Phi) is 4.40. The van der Waals surface area contributed by atoms with E-state index in [9.17, 15) is 4.79 Å². The van der Waals surface area contributed by atoms with E-state index in [2.05, 4.69) is 28.2 Å². The van der Waals surface area contributed by atoms with Crippen LogP contribution in [0.3, 0.4) is 0 Å². The summed E-state index contributed by atoms with van der Waals surface area (Å²) in [6, 6.07) is 13.7. The Hall–Kier alpha value is -2.59. The highest BCUT2D eigenvalue weighted by molar-refractivity contribution is 6.06. The first-order valence-corrected chi connectivity index (χ1v) is 8.08. The average Bonchev–Trinajstić information content (AvgIpc) is 2.81. The van der Waals surface area contributed by atoms with Gasteiger partial charge in [0.1, 0.15) is 0 Å². The lowest BCUT2D eigenvalue weighted by molar-refractivity contribution is 0.102. The SMILES string of the molecule is Cc1[nH]c2ccc(C(=O)Nc3cccc(CN(C)C)c3)cc2c1C. The van der Waals surface area contributed by atoms with Crippen LogP contribution in [-0.2, 0) is 6.54 Å². The van der Waals surface area contributed by atoms with E-state index in [0.29, 0.717) is 5.56 Å². The minimum Gasteiger partial charge on any atom is -0.358 e. The van der Waals surface area contributed by atoms with Gasteiger partial charge in [-0.1, -0.05) is 12.1 Å². The van der Waals surface area contributed by atoms with E-state index < -0.39 is 0 Å². The lowest BCUT2D eigenvalue weighted by Crippen LogP contribution is -2.13. The van der Waals surface area contributed by atoms with Crippen molar-refractivity contribution in [2.45, 2.75) is 20.4 Å². The topological polar surface area (TPSA) is 48.1 Å². The fraction of sp³-hybridized carbons (Fsp3) is 0.250. The number of hydrogen-bond donors (Lipinski definition) is 2. The monoisotopic (exact) mass is 321 g/mol. The summed E-state index contributed by atoms with van der Waals surface area (Å²) < 4.78 is 0. The largest absolute Gasteiger partial charge is 0.358 e. The van der Waals surface area contributed by atoms with Gasteiger partial charge in [-0.2, -0.15) is 0 Å². The van der Waals surface area contributed by atoms with Gasteiger partial charge in [0.2, 0.25) is 0 Å². The summed E-state index contributed by atoms with van der Waals surface area (Å²) in [7, 11) is 4.06. The van der Waals surface area contributed by atoms with Crippen LogP contribution < -0.4 is 5.32 Å². The second kappa shape index (κ2) is 6.49. The minimum absolute atomic E-state index is 0.0860. The average molecular weight is 321 g/mol.